The van der Waals surface area contributed by atoms with Crippen molar-refractivity contribution in [3.8, 4) is 0 Å². The van der Waals surface area contributed by atoms with Crippen LogP contribution < -0.4 is 11.1 Å². The van der Waals surface area contributed by atoms with E-state index >= 15 is 0 Å². The number of hydrogen-bond acceptors (Lipinski definition) is 3. The van der Waals surface area contributed by atoms with Crippen LogP contribution in [0.15, 0.2) is 0 Å². The van der Waals surface area contributed by atoms with Gasteiger partial charge in [-0.15, -0.1) is 0 Å². The van der Waals surface area contributed by atoms with E-state index in [9.17, 15) is 0 Å². The van der Waals surface area contributed by atoms with E-state index in [-0.39, 0.29) is 5.54 Å². The molecule has 16 heavy (non-hydrogen) atoms. The van der Waals surface area contributed by atoms with Gasteiger partial charge in [0.25, 0.3) is 0 Å². The highest BCUT2D eigenvalue weighted by atomic mass is 16.5. The second-order valence-corrected chi connectivity index (χ2v) is 5.48. The van der Waals surface area contributed by atoms with E-state index in [1.807, 2.05) is 0 Å². The van der Waals surface area contributed by atoms with Crippen molar-refractivity contribution in [3.05, 3.63) is 0 Å². The first kappa shape index (κ1) is 12.3. The maximum atomic E-state index is 5.87. The molecular weight excluding hydrogens is 200 g/mol. The fraction of sp³-hybridized carbons (Fsp3) is 1.00. The molecule has 0 aromatic heterocycles. The molecule has 0 heterocycles. The average Bonchev–Trinajstić information content (AvgIpc) is 2.17. The quantitative estimate of drug-likeness (QED) is 0.694. The molecule has 0 amide bonds. The molecule has 3 heteroatoms. The van der Waals surface area contributed by atoms with Crippen LogP contribution in [0.1, 0.15) is 45.4 Å². The van der Waals surface area contributed by atoms with Crippen LogP contribution in [0.5, 0.6) is 0 Å². The monoisotopic (exact) mass is 226 g/mol. The summed E-state index contributed by atoms with van der Waals surface area (Å²) < 4.78 is 5.60. The Morgan fingerprint density at radius 2 is 2.12 bits per heavy atom. The van der Waals surface area contributed by atoms with Crippen molar-refractivity contribution in [1.29, 1.82) is 0 Å². The lowest BCUT2D eigenvalue weighted by molar-refractivity contribution is -0.0479. The molecule has 0 unspecified atom stereocenters. The lowest BCUT2D eigenvalue weighted by Crippen LogP contribution is -2.62. The summed E-state index contributed by atoms with van der Waals surface area (Å²) in [4.78, 5) is 0. The molecule has 2 saturated carbocycles. The molecule has 94 valence electrons. The van der Waals surface area contributed by atoms with Crippen LogP contribution in [0.3, 0.4) is 0 Å². The summed E-state index contributed by atoms with van der Waals surface area (Å²) in [7, 11) is 0. The molecule has 0 bridgehead atoms. The Kier molecular flexibility index (Phi) is 4.22. The second kappa shape index (κ2) is 5.48. The van der Waals surface area contributed by atoms with Gasteiger partial charge in [-0.3, -0.25) is 0 Å². The minimum atomic E-state index is 0.198. The van der Waals surface area contributed by atoms with E-state index < -0.39 is 0 Å². The van der Waals surface area contributed by atoms with Gasteiger partial charge >= 0.3 is 0 Å². The molecule has 2 fully saturated rings. The fourth-order valence-corrected chi connectivity index (χ4v) is 2.87. The van der Waals surface area contributed by atoms with Gasteiger partial charge < -0.3 is 15.8 Å². The zero-order valence-electron chi connectivity index (χ0n) is 10.5. The number of hydrogen-bond donors (Lipinski definition) is 2. The largest absolute Gasteiger partial charge is 0.378 e. The maximum Gasteiger partial charge on any atom is 0.0611 e. The van der Waals surface area contributed by atoms with Crippen LogP contribution in [0.2, 0.25) is 0 Å². The highest BCUT2D eigenvalue weighted by molar-refractivity contribution is 5.03. The summed E-state index contributed by atoms with van der Waals surface area (Å²) in [6.07, 6.45) is 8.31. The van der Waals surface area contributed by atoms with Crippen molar-refractivity contribution in [2.24, 2.45) is 11.7 Å². The van der Waals surface area contributed by atoms with Crippen LogP contribution in [-0.4, -0.2) is 31.3 Å². The maximum absolute atomic E-state index is 5.87. The predicted octanol–water partition coefficient (Wildman–Crippen LogP) is 1.66. The molecule has 0 aromatic carbocycles. The summed E-state index contributed by atoms with van der Waals surface area (Å²) in [5, 5.41) is 3.66. The Balaban J connectivity index is 1.62. The minimum absolute atomic E-state index is 0.198. The zero-order valence-corrected chi connectivity index (χ0v) is 10.5. The summed E-state index contributed by atoms with van der Waals surface area (Å²) in [5.41, 5.74) is 6.07. The van der Waals surface area contributed by atoms with Gasteiger partial charge in [0, 0.05) is 18.7 Å². The predicted molar refractivity (Wildman–Crippen MR) is 66.4 cm³/mol. The summed E-state index contributed by atoms with van der Waals surface area (Å²) in [6.45, 7) is 4.78. The Bertz CT molecular complexity index is 210. The van der Waals surface area contributed by atoms with Gasteiger partial charge in [0.1, 0.15) is 0 Å². The average molecular weight is 226 g/mol. The molecule has 0 saturated heterocycles. The molecular formula is C13H26N2O. The van der Waals surface area contributed by atoms with Gasteiger partial charge in [0.2, 0.25) is 0 Å². The van der Waals surface area contributed by atoms with Crippen molar-refractivity contribution in [1.82, 2.24) is 5.32 Å². The Morgan fingerprint density at radius 1 is 1.38 bits per heavy atom. The number of nitrogens with two attached hydrogens (primary N) is 1. The van der Waals surface area contributed by atoms with Gasteiger partial charge in [-0.1, -0.05) is 19.3 Å². The summed E-state index contributed by atoms with van der Waals surface area (Å²) in [5.74, 6) is 0.991. The summed E-state index contributed by atoms with van der Waals surface area (Å²) >= 11 is 0. The van der Waals surface area contributed by atoms with Crippen molar-refractivity contribution in [2.75, 3.05) is 19.7 Å². The van der Waals surface area contributed by atoms with Crippen LogP contribution >= 0.6 is 0 Å². The van der Waals surface area contributed by atoms with E-state index in [4.69, 9.17) is 10.5 Å². The van der Waals surface area contributed by atoms with Gasteiger partial charge in [-0.25, -0.2) is 0 Å². The van der Waals surface area contributed by atoms with Crippen molar-refractivity contribution in [2.45, 2.75) is 57.1 Å². The first-order chi connectivity index (χ1) is 7.78. The van der Waals surface area contributed by atoms with Crippen LogP contribution in [0.4, 0.5) is 0 Å². The third-order valence-corrected chi connectivity index (χ3v) is 4.31. The lowest BCUT2D eigenvalue weighted by atomic mass is 9.73. The molecule has 3 nitrogen and oxygen atoms in total. The third-order valence-electron chi connectivity index (χ3n) is 4.31. The highest BCUT2D eigenvalue weighted by Gasteiger charge is 2.43. The molecule has 0 spiro atoms. The zero-order chi connectivity index (χ0) is 11.4. The SMILES string of the molecule is CCOC1CC(CN)(NCCC2CCC2)C1. The van der Waals surface area contributed by atoms with Gasteiger partial charge in [0.05, 0.1) is 6.10 Å². The van der Waals surface area contributed by atoms with Crippen molar-refractivity contribution in [3.63, 3.8) is 0 Å². The number of ether oxygens (including phenoxy) is 1. The Hall–Kier alpha value is -0.120. The van der Waals surface area contributed by atoms with Gasteiger partial charge in [0.15, 0.2) is 0 Å². The lowest BCUT2D eigenvalue weighted by Gasteiger charge is -2.47. The van der Waals surface area contributed by atoms with E-state index in [1.165, 1.54) is 25.7 Å². The Morgan fingerprint density at radius 3 is 2.62 bits per heavy atom. The van der Waals surface area contributed by atoms with E-state index in [2.05, 4.69) is 12.2 Å². The molecule has 0 atom stereocenters. The van der Waals surface area contributed by atoms with Crippen molar-refractivity contribution >= 4 is 0 Å². The smallest absolute Gasteiger partial charge is 0.0611 e. The van der Waals surface area contributed by atoms with Crippen molar-refractivity contribution < 1.29 is 4.74 Å². The molecule has 2 aliphatic carbocycles. The van der Waals surface area contributed by atoms with Crippen LogP contribution in [-0.2, 0) is 4.74 Å². The van der Waals surface area contributed by atoms with E-state index in [1.54, 1.807) is 0 Å². The van der Waals surface area contributed by atoms with Crippen LogP contribution in [0, 0.1) is 5.92 Å². The first-order valence-electron chi connectivity index (χ1n) is 6.85. The molecule has 3 N–H and O–H groups in total. The number of nitrogens with one attached hydrogen (secondary N) is 1. The Labute approximate surface area is 99.1 Å². The highest BCUT2D eigenvalue weighted by Crippen LogP contribution is 2.34. The van der Waals surface area contributed by atoms with E-state index in [0.29, 0.717) is 6.10 Å². The second-order valence-electron chi connectivity index (χ2n) is 5.48. The molecule has 2 aliphatic rings. The molecule has 0 radical (unpaired) electrons. The van der Waals surface area contributed by atoms with E-state index in [0.717, 1.165) is 38.5 Å². The number of rotatable bonds is 7. The third kappa shape index (κ3) is 2.76. The minimum Gasteiger partial charge on any atom is -0.378 e. The normalized spacial score (nSPS) is 34.5. The van der Waals surface area contributed by atoms with Gasteiger partial charge in [-0.05, 0) is 38.6 Å². The summed E-state index contributed by atoms with van der Waals surface area (Å²) in [6, 6.07) is 0. The van der Waals surface area contributed by atoms with Gasteiger partial charge in [-0.2, -0.15) is 0 Å². The molecule has 0 aliphatic heterocycles. The standard InChI is InChI=1S/C13H26N2O/c1-2-16-12-8-13(9-12,10-14)15-7-6-11-4-3-5-11/h11-12,15H,2-10,14H2,1H3. The van der Waals surface area contributed by atoms with Crippen LogP contribution in [0.25, 0.3) is 0 Å². The first-order valence-corrected chi connectivity index (χ1v) is 6.85. The topological polar surface area (TPSA) is 47.3 Å². The fourth-order valence-electron chi connectivity index (χ4n) is 2.87. The molecule has 0 aromatic rings. The molecule has 2 rings (SSSR count).